The Labute approximate surface area is 87.4 Å². The highest BCUT2D eigenvalue weighted by Gasteiger charge is 2.38. The van der Waals surface area contributed by atoms with E-state index in [2.05, 4.69) is 35.0 Å². The van der Waals surface area contributed by atoms with Gasteiger partial charge < -0.3 is 19.8 Å². The third kappa shape index (κ3) is 4.37. The Morgan fingerprint density at radius 1 is 1.29 bits per heavy atom. The average molecular weight is 207 g/mol. The fourth-order valence-corrected chi connectivity index (χ4v) is 1.93. The first-order chi connectivity index (χ1) is 5.75. The SMILES string of the molecule is COC(C)(C)C(CCO)[N+](C)(C)C.[OH-]. The van der Waals surface area contributed by atoms with Crippen LogP contribution in [0.2, 0.25) is 0 Å². The molecule has 0 aliphatic rings. The summed E-state index contributed by atoms with van der Waals surface area (Å²) in [7, 11) is 8.10. The molecule has 0 heterocycles. The maximum Gasteiger partial charge on any atom is 0.119 e. The van der Waals surface area contributed by atoms with Crippen molar-refractivity contribution in [1.29, 1.82) is 0 Å². The fraction of sp³-hybridized carbons (Fsp3) is 1.00. The Kier molecular flexibility index (Phi) is 6.58. The maximum absolute atomic E-state index is 8.99. The Morgan fingerprint density at radius 2 is 1.71 bits per heavy atom. The van der Waals surface area contributed by atoms with Gasteiger partial charge in [0.05, 0.1) is 21.1 Å². The number of quaternary nitrogens is 1. The molecule has 0 aliphatic heterocycles. The summed E-state index contributed by atoms with van der Waals surface area (Å²) in [5.74, 6) is 0. The second kappa shape index (κ2) is 5.66. The molecular formula is C10H25NO3. The molecule has 0 saturated heterocycles. The quantitative estimate of drug-likeness (QED) is 0.675. The summed E-state index contributed by atoms with van der Waals surface area (Å²) in [6.07, 6.45) is 0.768. The van der Waals surface area contributed by atoms with Gasteiger partial charge in [-0.05, 0) is 13.8 Å². The van der Waals surface area contributed by atoms with Crippen molar-refractivity contribution in [1.82, 2.24) is 0 Å². The van der Waals surface area contributed by atoms with E-state index in [4.69, 9.17) is 9.84 Å². The highest BCUT2D eigenvalue weighted by atomic mass is 16.5. The number of methoxy groups -OCH3 is 1. The van der Waals surface area contributed by atoms with E-state index in [1.54, 1.807) is 7.11 Å². The van der Waals surface area contributed by atoms with Gasteiger partial charge in [-0.3, -0.25) is 0 Å². The number of aliphatic hydroxyl groups is 1. The molecule has 0 aromatic heterocycles. The zero-order valence-electron chi connectivity index (χ0n) is 10.2. The van der Waals surface area contributed by atoms with Gasteiger partial charge >= 0.3 is 0 Å². The average Bonchev–Trinajstić information content (AvgIpc) is 1.98. The minimum atomic E-state index is -0.193. The highest BCUT2D eigenvalue weighted by Crippen LogP contribution is 2.24. The normalized spacial score (nSPS) is 14.8. The van der Waals surface area contributed by atoms with Gasteiger partial charge in [-0.25, -0.2) is 0 Å². The van der Waals surface area contributed by atoms with Gasteiger partial charge in [0.15, 0.2) is 0 Å². The summed E-state index contributed by atoms with van der Waals surface area (Å²) in [6, 6.07) is 0.308. The fourth-order valence-electron chi connectivity index (χ4n) is 1.93. The lowest BCUT2D eigenvalue weighted by atomic mass is 9.93. The molecule has 14 heavy (non-hydrogen) atoms. The van der Waals surface area contributed by atoms with Gasteiger partial charge in [0.1, 0.15) is 11.6 Å². The molecule has 4 nitrogen and oxygen atoms in total. The van der Waals surface area contributed by atoms with Crippen LogP contribution in [0.15, 0.2) is 0 Å². The van der Waals surface area contributed by atoms with Gasteiger partial charge in [-0.1, -0.05) is 0 Å². The molecule has 0 aromatic rings. The Balaban J connectivity index is 0. The van der Waals surface area contributed by atoms with E-state index in [0.717, 1.165) is 10.9 Å². The van der Waals surface area contributed by atoms with Crippen LogP contribution < -0.4 is 0 Å². The molecule has 0 bridgehead atoms. The molecule has 1 atom stereocenters. The van der Waals surface area contributed by atoms with Gasteiger partial charge in [0.25, 0.3) is 0 Å². The summed E-state index contributed by atoms with van der Waals surface area (Å²) in [5, 5.41) is 8.99. The standard InChI is InChI=1S/C10H24NO2.H2O/c1-10(2,13-6)9(7-8-12)11(3,4)5;/h9,12H,7-8H2,1-6H3;1H2/q+1;/p-1. The summed E-state index contributed by atoms with van der Waals surface area (Å²) >= 11 is 0. The lowest BCUT2D eigenvalue weighted by Crippen LogP contribution is -2.57. The van der Waals surface area contributed by atoms with Crippen LogP contribution in [0.1, 0.15) is 20.3 Å². The first-order valence-electron chi connectivity index (χ1n) is 4.73. The second-order valence-electron chi connectivity index (χ2n) is 4.95. The number of likely N-dealkylation sites (N-methyl/N-ethyl adjacent to an activating group) is 1. The van der Waals surface area contributed by atoms with Crippen LogP contribution in [0.4, 0.5) is 0 Å². The van der Waals surface area contributed by atoms with Gasteiger partial charge in [-0.2, -0.15) is 0 Å². The van der Waals surface area contributed by atoms with Gasteiger partial charge in [0.2, 0.25) is 0 Å². The number of aliphatic hydroxyl groups excluding tert-OH is 1. The van der Waals surface area contributed by atoms with Gasteiger partial charge in [-0.15, -0.1) is 0 Å². The van der Waals surface area contributed by atoms with Crippen LogP contribution in [0, 0.1) is 0 Å². The van der Waals surface area contributed by atoms with Gasteiger partial charge in [0, 0.05) is 20.1 Å². The van der Waals surface area contributed by atoms with Crippen molar-refractivity contribution in [3.05, 3.63) is 0 Å². The van der Waals surface area contributed by atoms with Crippen LogP contribution >= 0.6 is 0 Å². The molecule has 0 rings (SSSR count). The maximum atomic E-state index is 8.99. The van der Waals surface area contributed by atoms with E-state index < -0.39 is 0 Å². The smallest absolute Gasteiger partial charge is 0.119 e. The van der Waals surface area contributed by atoms with Crippen LogP contribution in [-0.2, 0) is 4.74 Å². The number of nitrogens with zero attached hydrogens (tertiary/aromatic N) is 1. The molecule has 0 radical (unpaired) electrons. The van der Waals surface area contributed by atoms with Crippen molar-refractivity contribution in [2.45, 2.75) is 31.9 Å². The topological polar surface area (TPSA) is 59.5 Å². The lowest BCUT2D eigenvalue weighted by molar-refractivity contribution is -0.903. The molecule has 88 valence electrons. The highest BCUT2D eigenvalue weighted by molar-refractivity contribution is 4.79. The molecule has 0 spiro atoms. The van der Waals surface area contributed by atoms with Crippen molar-refractivity contribution >= 4 is 0 Å². The van der Waals surface area contributed by atoms with E-state index in [-0.39, 0.29) is 17.7 Å². The number of hydrogen-bond donors (Lipinski definition) is 1. The zero-order valence-corrected chi connectivity index (χ0v) is 10.2. The first kappa shape index (κ1) is 16.3. The largest absolute Gasteiger partial charge is 0.870 e. The zero-order chi connectivity index (χ0) is 10.7. The summed E-state index contributed by atoms with van der Waals surface area (Å²) in [4.78, 5) is 0. The summed E-state index contributed by atoms with van der Waals surface area (Å²) < 4.78 is 6.26. The third-order valence-electron chi connectivity index (χ3n) is 2.67. The first-order valence-corrected chi connectivity index (χ1v) is 4.73. The monoisotopic (exact) mass is 207 g/mol. The molecule has 0 fully saturated rings. The van der Waals surface area contributed by atoms with E-state index in [0.29, 0.717) is 6.04 Å². The van der Waals surface area contributed by atoms with Crippen LogP contribution in [0.3, 0.4) is 0 Å². The Bertz CT molecular complexity index is 152. The van der Waals surface area contributed by atoms with Crippen LogP contribution in [0.25, 0.3) is 0 Å². The van der Waals surface area contributed by atoms with Crippen molar-refractivity contribution in [3.63, 3.8) is 0 Å². The third-order valence-corrected chi connectivity index (χ3v) is 2.67. The molecule has 0 amide bonds. The summed E-state index contributed by atoms with van der Waals surface area (Å²) in [5.41, 5.74) is -0.193. The summed E-state index contributed by atoms with van der Waals surface area (Å²) in [6.45, 7) is 4.35. The molecule has 4 heteroatoms. The molecule has 0 saturated carbocycles. The van der Waals surface area contributed by atoms with Crippen LogP contribution in [-0.4, -0.2) is 61.6 Å². The van der Waals surface area contributed by atoms with Crippen molar-refractivity contribution < 1.29 is 19.8 Å². The Morgan fingerprint density at radius 3 is 1.93 bits per heavy atom. The Hall–Kier alpha value is -0.160. The van der Waals surface area contributed by atoms with Crippen molar-refractivity contribution in [2.24, 2.45) is 0 Å². The molecule has 1 unspecified atom stereocenters. The molecule has 0 aromatic carbocycles. The number of ether oxygens (including phenoxy) is 1. The molecule has 2 N–H and O–H groups in total. The van der Waals surface area contributed by atoms with E-state index in [1.807, 2.05) is 0 Å². The predicted octanol–water partition coefficient (Wildman–Crippen LogP) is 0.692. The predicted molar refractivity (Wildman–Crippen MR) is 56.5 cm³/mol. The second-order valence-corrected chi connectivity index (χ2v) is 4.95. The minimum absolute atomic E-state index is 0. The molecular weight excluding hydrogens is 182 g/mol. The van der Waals surface area contributed by atoms with Crippen molar-refractivity contribution in [3.8, 4) is 0 Å². The number of hydrogen-bond acceptors (Lipinski definition) is 3. The van der Waals surface area contributed by atoms with E-state index >= 15 is 0 Å². The number of rotatable bonds is 5. The lowest BCUT2D eigenvalue weighted by Gasteiger charge is -2.42. The van der Waals surface area contributed by atoms with E-state index in [9.17, 15) is 0 Å². The van der Waals surface area contributed by atoms with Crippen molar-refractivity contribution in [2.75, 3.05) is 34.9 Å². The molecule has 0 aliphatic carbocycles. The van der Waals surface area contributed by atoms with Crippen LogP contribution in [0.5, 0.6) is 0 Å². The minimum Gasteiger partial charge on any atom is -0.870 e. The van der Waals surface area contributed by atoms with E-state index in [1.165, 1.54) is 0 Å².